The van der Waals surface area contributed by atoms with Crippen molar-refractivity contribution in [2.75, 3.05) is 19.9 Å². The average Bonchev–Trinajstić information content (AvgIpc) is 3.40. The summed E-state index contributed by atoms with van der Waals surface area (Å²) in [4.78, 5) is 16.5. The van der Waals surface area contributed by atoms with Crippen LogP contribution >= 0.6 is 22.9 Å². The zero-order valence-corrected chi connectivity index (χ0v) is 16.8. The topological polar surface area (TPSA) is 78.9 Å². The van der Waals surface area contributed by atoms with Crippen LogP contribution < -0.4 is 24.3 Å². The first-order valence-electron chi connectivity index (χ1n) is 8.81. The van der Waals surface area contributed by atoms with Crippen molar-refractivity contribution >= 4 is 28.8 Å². The molecule has 2 heterocycles. The van der Waals surface area contributed by atoms with Gasteiger partial charge < -0.3 is 24.3 Å². The van der Waals surface area contributed by atoms with Crippen LogP contribution in [0.4, 0.5) is 0 Å². The highest BCUT2D eigenvalue weighted by molar-refractivity contribution is 7.09. The second kappa shape index (κ2) is 9.02. The Morgan fingerprint density at radius 2 is 1.90 bits per heavy atom. The number of carbonyl (C=O) groups excluding carboxylic acids is 1. The SMILES string of the molecule is O=C(NCCOc1ccc2c(c1)OCO2)c1csc(COc2ccc(Cl)cc2)n1. The maximum Gasteiger partial charge on any atom is 0.270 e. The summed E-state index contributed by atoms with van der Waals surface area (Å²) in [6.07, 6.45) is 0. The third-order valence-electron chi connectivity index (χ3n) is 3.96. The van der Waals surface area contributed by atoms with Crippen LogP contribution in [0.25, 0.3) is 0 Å². The quantitative estimate of drug-likeness (QED) is 0.544. The molecular formula is C20H17ClN2O5S. The predicted molar refractivity (Wildman–Crippen MR) is 108 cm³/mol. The lowest BCUT2D eigenvalue weighted by atomic mass is 10.3. The maximum absolute atomic E-state index is 12.2. The second-order valence-electron chi connectivity index (χ2n) is 5.99. The second-order valence-corrected chi connectivity index (χ2v) is 7.37. The molecule has 9 heteroatoms. The summed E-state index contributed by atoms with van der Waals surface area (Å²) in [7, 11) is 0. The summed E-state index contributed by atoms with van der Waals surface area (Å²) in [5.41, 5.74) is 0.354. The van der Waals surface area contributed by atoms with Gasteiger partial charge in [-0.3, -0.25) is 4.79 Å². The number of hydrogen-bond donors (Lipinski definition) is 1. The van der Waals surface area contributed by atoms with Gasteiger partial charge in [0.05, 0.1) is 6.54 Å². The van der Waals surface area contributed by atoms with Gasteiger partial charge in [0.2, 0.25) is 6.79 Å². The minimum Gasteiger partial charge on any atom is -0.492 e. The van der Waals surface area contributed by atoms with Crippen LogP contribution in [0, 0.1) is 0 Å². The lowest BCUT2D eigenvalue weighted by Gasteiger charge is -2.07. The van der Waals surface area contributed by atoms with Crippen LogP contribution in [0.2, 0.25) is 5.02 Å². The molecule has 1 aromatic heterocycles. The van der Waals surface area contributed by atoms with E-state index in [9.17, 15) is 4.79 Å². The number of thiazole rings is 1. The molecule has 0 bridgehead atoms. The Kier molecular flexibility index (Phi) is 6.02. The van der Waals surface area contributed by atoms with Crippen molar-refractivity contribution in [3.05, 3.63) is 63.6 Å². The van der Waals surface area contributed by atoms with Gasteiger partial charge in [-0.25, -0.2) is 4.98 Å². The summed E-state index contributed by atoms with van der Waals surface area (Å²) in [5.74, 6) is 2.44. The van der Waals surface area contributed by atoms with E-state index in [4.69, 9.17) is 30.5 Å². The van der Waals surface area contributed by atoms with Crippen LogP contribution in [-0.2, 0) is 6.61 Å². The van der Waals surface area contributed by atoms with Crippen molar-refractivity contribution in [2.45, 2.75) is 6.61 Å². The number of halogens is 1. The Balaban J connectivity index is 1.20. The van der Waals surface area contributed by atoms with Gasteiger partial charge in [0.15, 0.2) is 11.5 Å². The Bertz CT molecular complexity index is 993. The fraction of sp³-hybridized carbons (Fsp3) is 0.200. The molecule has 3 aromatic rings. The molecule has 0 unspecified atom stereocenters. The van der Waals surface area contributed by atoms with Crippen molar-refractivity contribution in [3.8, 4) is 23.0 Å². The van der Waals surface area contributed by atoms with Gasteiger partial charge in [-0.1, -0.05) is 11.6 Å². The smallest absolute Gasteiger partial charge is 0.270 e. The average molecular weight is 433 g/mol. The number of fused-ring (bicyclic) bond motifs is 1. The first-order chi connectivity index (χ1) is 14.2. The fourth-order valence-corrected chi connectivity index (χ4v) is 3.36. The zero-order valence-electron chi connectivity index (χ0n) is 15.2. The minimum absolute atomic E-state index is 0.217. The summed E-state index contributed by atoms with van der Waals surface area (Å²) in [6.45, 7) is 1.17. The number of aromatic nitrogens is 1. The number of nitrogens with zero attached hydrogens (tertiary/aromatic N) is 1. The van der Waals surface area contributed by atoms with E-state index in [-0.39, 0.29) is 19.3 Å². The highest BCUT2D eigenvalue weighted by Crippen LogP contribution is 2.35. The molecular weight excluding hydrogens is 416 g/mol. The van der Waals surface area contributed by atoms with E-state index in [1.165, 1.54) is 11.3 Å². The summed E-state index contributed by atoms with van der Waals surface area (Å²) in [5, 5.41) is 5.84. The third-order valence-corrected chi connectivity index (χ3v) is 5.04. The molecule has 0 fully saturated rings. The number of ether oxygens (including phenoxy) is 4. The lowest BCUT2D eigenvalue weighted by molar-refractivity contribution is 0.0942. The highest BCUT2D eigenvalue weighted by Gasteiger charge is 2.14. The first kappa shape index (κ1) is 19.4. The monoisotopic (exact) mass is 432 g/mol. The molecule has 1 amide bonds. The zero-order chi connectivity index (χ0) is 20.1. The van der Waals surface area contributed by atoms with E-state index in [1.807, 2.05) is 0 Å². The Morgan fingerprint density at radius 3 is 2.76 bits per heavy atom. The molecule has 29 heavy (non-hydrogen) atoms. The molecule has 1 aliphatic rings. The van der Waals surface area contributed by atoms with Crippen LogP contribution in [0.3, 0.4) is 0 Å². The molecule has 150 valence electrons. The molecule has 2 aromatic carbocycles. The van der Waals surface area contributed by atoms with Gasteiger partial charge in [0.1, 0.15) is 35.4 Å². The van der Waals surface area contributed by atoms with Crippen molar-refractivity contribution < 1.29 is 23.7 Å². The van der Waals surface area contributed by atoms with E-state index in [2.05, 4.69) is 10.3 Å². The van der Waals surface area contributed by atoms with Gasteiger partial charge in [0, 0.05) is 16.5 Å². The number of amides is 1. The van der Waals surface area contributed by atoms with Gasteiger partial charge >= 0.3 is 0 Å². The molecule has 4 rings (SSSR count). The number of rotatable bonds is 8. The van der Waals surface area contributed by atoms with Crippen LogP contribution in [-0.4, -0.2) is 30.8 Å². The van der Waals surface area contributed by atoms with Crippen LogP contribution in [0.1, 0.15) is 15.5 Å². The first-order valence-corrected chi connectivity index (χ1v) is 10.1. The number of nitrogens with one attached hydrogen (secondary N) is 1. The van der Waals surface area contributed by atoms with Gasteiger partial charge in [-0.05, 0) is 36.4 Å². The summed E-state index contributed by atoms with van der Waals surface area (Å²) >= 11 is 7.21. The van der Waals surface area contributed by atoms with E-state index < -0.39 is 0 Å². The van der Waals surface area contributed by atoms with Gasteiger partial charge in [0.25, 0.3) is 5.91 Å². The molecule has 0 spiro atoms. The van der Waals surface area contributed by atoms with Crippen LogP contribution in [0.5, 0.6) is 23.0 Å². The third kappa shape index (κ3) is 5.10. The molecule has 0 radical (unpaired) electrons. The number of carbonyl (C=O) groups is 1. The fourth-order valence-electron chi connectivity index (χ4n) is 2.55. The van der Waals surface area contributed by atoms with Gasteiger partial charge in [-0.15, -0.1) is 11.3 Å². The molecule has 0 atom stereocenters. The van der Waals surface area contributed by atoms with E-state index in [1.54, 1.807) is 47.8 Å². The Hall–Kier alpha value is -2.97. The molecule has 0 saturated carbocycles. The van der Waals surface area contributed by atoms with Gasteiger partial charge in [-0.2, -0.15) is 0 Å². The maximum atomic E-state index is 12.2. The molecule has 1 aliphatic heterocycles. The normalized spacial score (nSPS) is 11.9. The van der Waals surface area contributed by atoms with Crippen molar-refractivity contribution in [1.82, 2.24) is 10.3 Å². The van der Waals surface area contributed by atoms with E-state index in [0.717, 1.165) is 0 Å². The lowest BCUT2D eigenvalue weighted by Crippen LogP contribution is -2.28. The van der Waals surface area contributed by atoms with Crippen molar-refractivity contribution in [3.63, 3.8) is 0 Å². The Morgan fingerprint density at radius 1 is 1.10 bits per heavy atom. The molecule has 1 N–H and O–H groups in total. The van der Waals surface area contributed by atoms with Crippen LogP contribution in [0.15, 0.2) is 47.8 Å². The van der Waals surface area contributed by atoms with E-state index in [0.29, 0.717) is 51.9 Å². The predicted octanol–water partition coefficient (Wildman–Crippen LogP) is 3.91. The minimum atomic E-state index is -0.256. The van der Waals surface area contributed by atoms with Crippen molar-refractivity contribution in [1.29, 1.82) is 0 Å². The van der Waals surface area contributed by atoms with E-state index >= 15 is 0 Å². The van der Waals surface area contributed by atoms with Crippen molar-refractivity contribution in [2.24, 2.45) is 0 Å². The summed E-state index contributed by atoms with van der Waals surface area (Å²) in [6, 6.07) is 12.4. The molecule has 0 saturated heterocycles. The highest BCUT2D eigenvalue weighted by atomic mass is 35.5. The largest absolute Gasteiger partial charge is 0.492 e. The number of hydrogen-bond acceptors (Lipinski definition) is 7. The Labute approximate surface area is 176 Å². The molecule has 7 nitrogen and oxygen atoms in total. The number of benzene rings is 2. The standard InChI is InChI=1S/C20H17ClN2O5S/c21-13-1-3-14(4-2-13)26-10-19-23-16(11-29-19)20(24)22-7-8-25-15-5-6-17-18(9-15)28-12-27-17/h1-6,9,11H,7-8,10,12H2,(H,22,24). The molecule has 0 aliphatic carbocycles. The summed E-state index contributed by atoms with van der Waals surface area (Å²) < 4.78 is 21.8.